The molecule has 0 aromatic heterocycles. The van der Waals surface area contributed by atoms with E-state index in [4.69, 9.17) is 4.74 Å². The van der Waals surface area contributed by atoms with Gasteiger partial charge in [-0.25, -0.2) is 0 Å². The van der Waals surface area contributed by atoms with Crippen LogP contribution >= 0.6 is 0 Å². The Morgan fingerprint density at radius 3 is 2.92 bits per heavy atom. The highest BCUT2D eigenvalue weighted by molar-refractivity contribution is 6.02. The normalized spacial score (nSPS) is 28.1. The van der Waals surface area contributed by atoms with Crippen LogP contribution in [0, 0.1) is 5.41 Å². The van der Waals surface area contributed by atoms with E-state index in [0.717, 1.165) is 19.6 Å². The lowest BCUT2D eigenvalue weighted by molar-refractivity contribution is -0.00651. The zero-order chi connectivity index (χ0) is 9.47. The second kappa shape index (κ2) is 2.95. The molecule has 0 amide bonds. The van der Waals surface area contributed by atoms with Gasteiger partial charge >= 0.3 is 0 Å². The summed E-state index contributed by atoms with van der Waals surface area (Å²) in [5.74, 6) is 0. The van der Waals surface area contributed by atoms with Gasteiger partial charge in [0.2, 0.25) is 0 Å². The molecule has 2 aliphatic rings. The van der Waals surface area contributed by atoms with Crippen molar-refractivity contribution in [2.75, 3.05) is 13.2 Å². The maximum absolute atomic E-state index is 5.81. The molecule has 0 saturated carbocycles. The molecule has 0 aromatic carbocycles. The molecular weight excluding hydrogens is 162 g/mol. The van der Waals surface area contributed by atoms with E-state index < -0.39 is 0 Å². The first-order valence-corrected chi connectivity index (χ1v) is 4.92. The predicted octanol–water partition coefficient (Wildman–Crippen LogP) is 2.20. The molecule has 2 aliphatic heterocycles. The lowest BCUT2D eigenvalue weighted by Gasteiger charge is -2.34. The number of nitrogens with zero attached hydrogens (tertiary/aromatic N) is 1. The standard InChI is InChI=1S/C11H17NO/c1-11(2,3)10-6-9-8(7-13-10)4-5-12-9/h4,10H,5-7H2,1-3H3. The summed E-state index contributed by atoms with van der Waals surface area (Å²) in [5, 5.41) is 0. The van der Waals surface area contributed by atoms with Crippen LogP contribution in [0.25, 0.3) is 0 Å². The van der Waals surface area contributed by atoms with Crippen LogP contribution in [-0.4, -0.2) is 25.0 Å². The van der Waals surface area contributed by atoms with Gasteiger partial charge in [-0.1, -0.05) is 26.8 Å². The van der Waals surface area contributed by atoms with E-state index >= 15 is 0 Å². The highest BCUT2D eigenvalue weighted by Crippen LogP contribution is 2.31. The molecule has 0 radical (unpaired) electrons. The fourth-order valence-corrected chi connectivity index (χ4v) is 1.80. The maximum atomic E-state index is 5.81. The minimum absolute atomic E-state index is 0.233. The quantitative estimate of drug-likeness (QED) is 0.558. The first-order chi connectivity index (χ1) is 6.07. The lowest BCUT2D eigenvalue weighted by atomic mass is 9.83. The van der Waals surface area contributed by atoms with E-state index in [9.17, 15) is 0 Å². The van der Waals surface area contributed by atoms with Crippen molar-refractivity contribution < 1.29 is 4.74 Å². The van der Waals surface area contributed by atoms with Crippen LogP contribution < -0.4 is 0 Å². The topological polar surface area (TPSA) is 21.6 Å². The summed E-state index contributed by atoms with van der Waals surface area (Å²) in [6.45, 7) is 8.30. The van der Waals surface area contributed by atoms with Gasteiger partial charge in [0.25, 0.3) is 0 Å². The van der Waals surface area contributed by atoms with Gasteiger partial charge in [0.1, 0.15) is 0 Å². The molecule has 2 rings (SSSR count). The average Bonchev–Trinajstić information content (AvgIpc) is 2.47. The molecule has 0 bridgehead atoms. The third-order valence-electron chi connectivity index (χ3n) is 2.78. The third kappa shape index (κ3) is 1.68. The summed E-state index contributed by atoms with van der Waals surface area (Å²) in [6.07, 6.45) is 3.50. The van der Waals surface area contributed by atoms with E-state index in [1.165, 1.54) is 11.3 Å². The molecule has 13 heavy (non-hydrogen) atoms. The van der Waals surface area contributed by atoms with Crippen molar-refractivity contribution in [3.63, 3.8) is 0 Å². The maximum Gasteiger partial charge on any atom is 0.0736 e. The predicted molar refractivity (Wildman–Crippen MR) is 54.2 cm³/mol. The number of hydrogen-bond donors (Lipinski definition) is 0. The third-order valence-corrected chi connectivity index (χ3v) is 2.78. The molecule has 72 valence electrons. The van der Waals surface area contributed by atoms with Crippen molar-refractivity contribution in [3.8, 4) is 0 Å². The Hall–Kier alpha value is -0.630. The SMILES string of the molecule is CC(C)(C)C1CC2=NCC=C2CO1. The molecule has 2 heteroatoms. The van der Waals surface area contributed by atoms with Crippen molar-refractivity contribution in [1.82, 2.24) is 0 Å². The van der Waals surface area contributed by atoms with Crippen LogP contribution in [0.2, 0.25) is 0 Å². The lowest BCUT2D eigenvalue weighted by Crippen LogP contribution is -2.36. The minimum atomic E-state index is 0.233. The molecule has 1 unspecified atom stereocenters. The molecule has 0 aliphatic carbocycles. The van der Waals surface area contributed by atoms with Crippen LogP contribution in [0.3, 0.4) is 0 Å². The Bertz CT molecular complexity index is 270. The average molecular weight is 179 g/mol. The summed E-state index contributed by atoms with van der Waals surface area (Å²) < 4.78 is 5.81. The number of aliphatic imine (C=N–C) groups is 1. The van der Waals surface area contributed by atoms with Gasteiger partial charge in [0.05, 0.1) is 19.3 Å². The van der Waals surface area contributed by atoms with Crippen LogP contribution in [0.1, 0.15) is 27.2 Å². The van der Waals surface area contributed by atoms with E-state index in [2.05, 4.69) is 31.8 Å². The van der Waals surface area contributed by atoms with Crippen molar-refractivity contribution in [1.29, 1.82) is 0 Å². The highest BCUT2D eigenvalue weighted by atomic mass is 16.5. The number of rotatable bonds is 0. The Balaban J connectivity index is 2.10. The Kier molecular flexibility index (Phi) is 2.03. The van der Waals surface area contributed by atoms with Gasteiger partial charge in [-0.2, -0.15) is 0 Å². The summed E-state index contributed by atoms with van der Waals surface area (Å²) in [6, 6.07) is 0. The number of ether oxygens (including phenoxy) is 1. The smallest absolute Gasteiger partial charge is 0.0736 e. The molecule has 2 nitrogen and oxygen atoms in total. The fraction of sp³-hybridized carbons (Fsp3) is 0.727. The summed E-state index contributed by atoms with van der Waals surface area (Å²) >= 11 is 0. The van der Waals surface area contributed by atoms with Crippen molar-refractivity contribution in [2.45, 2.75) is 33.3 Å². The van der Waals surface area contributed by atoms with E-state index in [0.29, 0.717) is 6.10 Å². The minimum Gasteiger partial charge on any atom is -0.373 e. The zero-order valence-electron chi connectivity index (χ0n) is 8.63. The van der Waals surface area contributed by atoms with Gasteiger partial charge in [0, 0.05) is 12.1 Å². The molecule has 0 spiro atoms. The van der Waals surface area contributed by atoms with E-state index in [-0.39, 0.29) is 5.41 Å². The van der Waals surface area contributed by atoms with Gasteiger partial charge in [-0.15, -0.1) is 0 Å². The molecular formula is C11H17NO. The van der Waals surface area contributed by atoms with Gasteiger partial charge < -0.3 is 4.74 Å². The van der Waals surface area contributed by atoms with Crippen LogP contribution in [-0.2, 0) is 4.74 Å². The van der Waals surface area contributed by atoms with Crippen molar-refractivity contribution in [3.05, 3.63) is 11.6 Å². The van der Waals surface area contributed by atoms with E-state index in [1.807, 2.05) is 0 Å². The molecule has 1 saturated heterocycles. The summed E-state index contributed by atoms with van der Waals surface area (Å²) in [4.78, 5) is 4.47. The van der Waals surface area contributed by atoms with Crippen LogP contribution in [0.5, 0.6) is 0 Å². The molecule has 0 N–H and O–H groups in total. The molecule has 0 aromatic rings. The fourth-order valence-electron chi connectivity index (χ4n) is 1.80. The van der Waals surface area contributed by atoms with Crippen molar-refractivity contribution in [2.24, 2.45) is 10.4 Å². The Morgan fingerprint density at radius 1 is 1.46 bits per heavy atom. The van der Waals surface area contributed by atoms with Crippen LogP contribution in [0.15, 0.2) is 16.6 Å². The van der Waals surface area contributed by atoms with Gasteiger partial charge in [-0.05, 0) is 11.0 Å². The zero-order valence-corrected chi connectivity index (χ0v) is 8.63. The second-order valence-electron chi connectivity index (χ2n) is 4.89. The second-order valence-corrected chi connectivity index (χ2v) is 4.89. The summed E-state index contributed by atoms with van der Waals surface area (Å²) in [5.41, 5.74) is 2.84. The van der Waals surface area contributed by atoms with Crippen LogP contribution in [0.4, 0.5) is 0 Å². The largest absolute Gasteiger partial charge is 0.373 e. The molecule has 1 atom stereocenters. The summed E-state index contributed by atoms with van der Waals surface area (Å²) in [7, 11) is 0. The Morgan fingerprint density at radius 2 is 2.23 bits per heavy atom. The molecule has 1 fully saturated rings. The monoisotopic (exact) mass is 179 g/mol. The van der Waals surface area contributed by atoms with E-state index in [1.54, 1.807) is 0 Å². The Labute approximate surface area is 79.7 Å². The number of hydrogen-bond acceptors (Lipinski definition) is 2. The highest BCUT2D eigenvalue weighted by Gasteiger charge is 2.32. The number of fused-ring (bicyclic) bond motifs is 1. The first kappa shape index (κ1) is 8.95. The van der Waals surface area contributed by atoms with Gasteiger partial charge in [-0.3, -0.25) is 4.99 Å². The first-order valence-electron chi connectivity index (χ1n) is 4.92. The van der Waals surface area contributed by atoms with Gasteiger partial charge in [0.15, 0.2) is 0 Å². The van der Waals surface area contributed by atoms with Crippen molar-refractivity contribution >= 4 is 5.71 Å². The molecule has 2 heterocycles.